The molecule has 0 N–H and O–H groups in total. The summed E-state index contributed by atoms with van der Waals surface area (Å²) in [4.78, 5) is 24.5. The molecule has 0 aromatic carbocycles. The lowest BCUT2D eigenvalue weighted by Gasteiger charge is -2.00. The highest BCUT2D eigenvalue weighted by atomic mass is 16.1. The molecule has 1 heterocycles. The van der Waals surface area contributed by atoms with Crippen molar-refractivity contribution in [2.24, 2.45) is 0 Å². The first kappa shape index (κ1) is 8.64. The maximum Gasteiger partial charge on any atom is 0.347 e. The van der Waals surface area contributed by atoms with Crippen molar-refractivity contribution in [2.45, 2.75) is 19.4 Å². The van der Waals surface area contributed by atoms with Gasteiger partial charge in [0.2, 0.25) is 0 Å². The molecule has 1 aromatic rings. The lowest BCUT2D eigenvalue weighted by molar-refractivity contribution is -0.107. The number of hydrogen-bond donors (Lipinski definition) is 0. The van der Waals surface area contributed by atoms with E-state index in [1.165, 1.54) is 10.8 Å². The van der Waals surface area contributed by atoms with Crippen LogP contribution >= 0.6 is 0 Å². The van der Waals surface area contributed by atoms with E-state index in [0.29, 0.717) is 19.4 Å². The zero-order valence-electron chi connectivity index (χ0n) is 6.64. The van der Waals surface area contributed by atoms with Crippen LogP contribution in [0.3, 0.4) is 0 Å². The molecule has 0 aliphatic rings. The number of carbonyl (C=O) groups excluding carboxylic acids is 1. The van der Waals surface area contributed by atoms with Crippen LogP contribution in [0.5, 0.6) is 0 Å². The summed E-state index contributed by atoms with van der Waals surface area (Å²) in [7, 11) is 0. The van der Waals surface area contributed by atoms with E-state index >= 15 is 0 Å². The molecule has 0 saturated heterocycles. The van der Waals surface area contributed by atoms with Gasteiger partial charge in [-0.1, -0.05) is 0 Å². The Kier molecular flexibility index (Phi) is 3.19. The van der Waals surface area contributed by atoms with E-state index in [1.807, 2.05) is 0 Å². The molecule has 0 unspecified atom stereocenters. The number of aryl methyl sites for hydroxylation is 1. The van der Waals surface area contributed by atoms with Crippen molar-refractivity contribution < 1.29 is 4.79 Å². The highest BCUT2D eigenvalue weighted by molar-refractivity contribution is 5.48. The summed E-state index contributed by atoms with van der Waals surface area (Å²) in [6, 6.07) is 1.70. The summed E-state index contributed by atoms with van der Waals surface area (Å²) >= 11 is 0. The number of aromatic nitrogens is 2. The number of unbranched alkanes of at least 4 members (excludes halogenated alkanes) is 1. The van der Waals surface area contributed by atoms with Crippen LogP contribution in [0.2, 0.25) is 0 Å². The smallest absolute Gasteiger partial charge is 0.303 e. The summed E-state index contributed by atoms with van der Waals surface area (Å²) in [5.41, 5.74) is -0.261. The fraction of sp³-hybridized carbons (Fsp3) is 0.375. The molecular formula is C8H10N2O2. The number of aldehydes is 1. The van der Waals surface area contributed by atoms with Gasteiger partial charge < -0.3 is 4.79 Å². The molecule has 4 heteroatoms. The molecule has 0 fully saturated rings. The van der Waals surface area contributed by atoms with Crippen LogP contribution in [-0.4, -0.2) is 15.8 Å². The Bertz CT molecular complexity index is 306. The molecule has 0 aliphatic carbocycles. The van der Waals surface area contributed by atoms with Crippen LogP contribution in [0, 0.1) is 0 Å². The molecule has 0 saturated carbocycles. The maximum atomic E-state index is 11.0. The van der Waals surface area contributed by atoms with Crippen molar-refractivity contribution in [3.63, 3.8) is 0 Å². The zero-order valence-corrected chi connectivity index (χ0v) is 6.64. The first-order valence-corrected chi connectivity index (χ1v) is 3.79. The molecule has 0 amide bonds. The van der Waals surface area contributed by atoms with E-state index in [1.54, 1.807) is 12.3 Å². The summed E-state index contributed by atoms with van der Waals surface area (Å²) < 4.78 is 1.49. The first-order valence-electron chi connectivity index (χ1n) is 3.79. The van der Waals surface area contributed by atoms with Gasteiger partial charge in [-0.15, -0.1) is 0 Å². The molecule has 0 aliphatic heterocycles. The van der Waals surface area contributed by atoms with Gasteiger partial charge in [0, 0.05) is 25.4 Å². The zero-order chi connectivity index (χ0) is 8.81. The van der Waals surface area contributed by atoms with Crippen LogP contribution in [0.15, 0.2) is 23.3 Å². The second kappa shape index (κ2) is 4.43. The van der Waals surface area contributed by atoms with Crippen molar-refractivity contribution in [1.82, 2.24) is 9.55 Å². The van der Waals surface area contributed by atoms with E-state index in [4.69, 9.17) is 0 Å². The van der Waals surface area contributed by atoms with Crippen molar-refractivity contribution in [3.05, 3.63) is 28.9 Å². The number of hydrogen-bond acceptors (Lipinski definition) is 3. The maximum absolute atomic E-state index is 11.0. The first-order chi connectivity index (χ1) is 5.84. The Morgan fingerprint density at radius 1 is 1.58 bits per heavy atom. The van der Waals surface area contributed by atoms with E-state index < -0.39 is 0 Å². The van der Waals surface area contributed by atoms with E-state index in [2.05, 4.69) is 4.98 Å². The average molecular weight is 166 g/mol. The number of nitrogens with zero attached hydrogens (tertiary/aromatic N) is 2. The Balaban J connectivity index is 2.57. The largest absolute Gasteiger partial charge is 0.347 e. The van der Waals surface area contributed by atoms with E-state index in [0.717, 1.165) is 6.29 Å². The van der Waals surface area contributed by atoms with Gasteiger partial charge in [0.1, 0.15) is 6.29 Å². The summed E-state index contributed by atoms with van der Waals surface area (Å²) in [5, 5.41) is 0. The van der Waals surface area contributed by atoms with Crippen LogP contribution in [-0.2, 0) is 11.3 Å². The van der Waals surface area contributed by atoms with Gasteiger partial charge in [-0.25, -0.2) is 9.78 Å². The fourth-order valence-corrected chi connectivity index (χ4v) is 0.902. The van der Waals surface area contributed by atoms with Gasteiger partial charge in [0.25, 0.3) is 0 Å². The summed E-state index contributed by atoms with van der Waals surface area (Å²) in [6.45, 7) is 0.561. The monoisotopic (exact) mass is 166 g/mol. The molecule has 4 nitrogen and oxygen atoms in total. The predicted octanol–water partition coefficient (Wildman–Crippen LogP) is 0.222. The van der Waals surface area contributed by atoms with Gasteiger partial charge in [0.05, 0.1) is 0 Å². The Morgan fingerprint density at radius 2 is 2.42 bits per heavy atom. The Labute approximate surface area is 69.9 Å². The Hall–Kier alpha value is -1.45. The van der Waals surface area contributed by atoms with Crippen molar-refractivity contribution in [2.75, 3.05) is 0 Å². The number of rotatable bonds is 4. The van der Waals surface area contributed by atoms with Crippen molar-refractivity contribution >= 4 is 6.29 Å². The highest BCUT2D eigenvalue weighted by Crippen LogP contribution is 1.88. The van der Waals surface area contributed by atoms with Crippen LogP contribution in [0.4, 0.5) is 0 Å². The molecular weight excluding hydrogens is 156 g/mol. The second-order valence-electron chi connectivity index (χ2n) is 2.40. The van der Waals surface area contributed by atoms with Crippen molar-refractivity contribution in [3.8, 4) is 0 Å². The van der Waals surface area contributed by atoms with Crippen LogP contribution < -0.4 is 5.69 Å². The fourth-order valence-electron chi connectivity index (χ4n) is 0.902. The third-order valence-corrected chi connectivity index (χ3v) is 1.50. The minimum Gasteiger partial charge on any atom is -0.303 e. The molecule has 64 valence electrons. The predicted molar refractivity (Wildman–Crippen MR) is 43.8 cm³/mol. The van der Waals surface area contributed by atoms with Crippen molar-refractivity contribution in [1.29, 1.82) is 0 Å². The summed E-state index contributed by atoms with van der Waals surface area (Å²) in [5.74, 6) is 0. The normalized spacial score (nSPS) is 9.67. The SMILES string of the molecule is O=CCCCn1cccnc1=O. The third kappa shape index (κ3) is 2.30. The number of carbonyl (C=O) groups is 1. The molecule has 0 bridgehead atoms. The van der Waals surface area contributed by atoms with Crippen LogP contribution in [0.25, 0.3) is 0 Å². The average Bonchev–Trinajstić information content (AvgIpc) is 2.09. The minimum absolute atomic E-state index is 0.261. The highest BCUT2D eigenvalue weighted by Gasteiger charge is 1.93. The van der Waals surface area contributed by atoms with Gasteiger partial charge in [-0.05, 0) is 12.5 Å². The molecule has 1 rings (SSSR count). The van der Waals surface area contributed by atoms with Gasteiger partial charge >= 0.3 is 5.69 Å². The van der Waals surface area contributed by atoms with E-state index in [-0.39, 0.29) is 5.69 Å². The lowest BCUT2D eigenvalue weighted by Crippen LogP contribution is -2.21. The van der Waals surface area contributed by atoms with Gasteiger partial charge in [0.15, 0.2) is 0 Å². The second-order valence-corrected chi connectivity index (χ2v) is 2.40. The lowest BCUT2D eigenvalue weighted by atomic mass is 10.3. The molecule has 0 spiro atoms. The van der Waals surface area contributed by atoms with Crippen LogP contribution in [0.1, 0.15) is 12.8 Å². The van der Waals surface area contributed by atoms with E-state index in [9.17, 15) is 9.59 Å². The minimum atomic E-state index is -0.261. The summed E-state index contributed by atoms with van der Waals surface area (Å²) in [6.07, 6.45) is 5.15. The van der Waals surface area contributed by atoms with Gasteiger partial charge in [-0.2, -0.15) is 0 Å². The standard InChI is InChI=1S/C8H10N2O2/c11-7-2-1-5-10-6-3-4-9-8(10)12/h3-4,6-7H,1-2,5H2. The molecule has 12 heavy (non-hydrogen) atoms. The molecule has 1 aromatic heterocycles. The molecule has 0 atom stereocenters. The topological polar surface area (TPSA) is 52.0 Å². The Morgan fingerprint density at radius 3 is 3.08 bits per heavy atom. The molecule has 0 radical (unpaired) electrons. The quantitative estimate of drug-likeness (QED) is 0.475. The third-order valence-electron chi connectivity index (χ3n) is 1.50. The van der Waals surface area contributed by atoms with Gasteiger partial charge in [-0.3, -0.25) is 4.57 Å².